The Hall–Kier alpha value is -1.30. The molecule has 2 unspecified atom stereocenters. The molecule has 2 rings (SSSR count). The third-order valence-corrected chi connectivity index (χ3v) is 3.83. The van der Waals surface area contributed by atoms with Gasteiger partial charge in [0.2, 0.25) is 0 Å². The zero-order chi connectivity index (χ0) is 14.8. The normalized spacial score (nSPS) is 23.1. The van der Waals surface area contributed by atoms with Gasteiger partial charge < -0.3 is 10.5 Å². The Balaban J connectivity index is 2.00. The molecule has 6 heteroatoms. The molecule has 0 bridgehead atoms. The lowest BCUT2D eigenvalue weighted by Gasteiger charge is -2.18. The van der Waals surface area contributed by atoms with Crippen LogP contribution in [0, 0.1) is 17.7 Å². The zero-order valence-electron chi connectivity index (χ0n) is 10.9. The van der Waals surface area contributed by atoms with Crippen molar-refractivity contribution in [2.75, 3.05) is 13.2 Å². The van der Waals surface area contributed by atoms with Gasteiger partial charge in [-0.2, -0.15) is 13.2 Å². The van der Waals surface area contributed by atoms with Crippen LogP contribution in [0.4, 0.5) is 17.6 Å². The second-order valence-corrected chi connectivity index (χ2v) is 5.14. The molecule has 2 nitrogen and oxygen atoms in total. The van der Waals surface area contributed by atoms with E-state index in [-0.39, 0.29) is 11.7 Å². The highest BCUT2D eigenvalue weighted by molar-refractivity contribution is 5.30. The maximum Gasteiger partial charge on any atom is 0.416 e. The number of alkyl halides is 3. The smallest absolute Gasteiger partial charge is 0.416 e. The van der Waals surface area contributed by atoms with Crippen molar-refractivity contribution < 1.29 is 22.3 Å². The molecule has 20 heavy (non-hydrogen) atoms. The Kier molecular flexibility index (Phi) is 4.52. The first-order valence-electron chi connectivity index (χ1n) is 6.61. The molecule has 0 aliphatic heterocycles. The summed E-state index contributed by atoms with van der Waals surface area (Å²) in [5, 5.41) is 0. The fraction of sp³-hybridized carbons (Fsp3) is 0.571. The summed E-state index contributed by atoms with van der Waals surface area (Å²) in [6, 6.07) is 2.32. The maximum atomic E-state index is 13.6. The summed E-state index contributed by atoms with van der Waals surface area (Å²) in [6.07, 6.45) is -1.50. The van der Waals surface area contributed by atoms with E-state index in [0.29, 0.717) is 25.1 Å². The molecule has 1 aliphatic rings. The molecule has 2 atom stereocenters. The van der Waals surface area contributed by atoms with Crippen LogP contribution in [0.2, 0.25) is 0 Å². The highest BCUT2D eigenvalue weighted by atomic mass is 19.4. The highest BCUT2D eigenvalue weighted by Gasteiger charge is 2.31. The van der Waals surface area contributed by atoms with Crippen LogP contribution >= 0.6 is 0 Å². The lowest BCUT2D eigenvalue weighted by molar-refractivity contribution is -0.137. The van der Waals surface area contributed by atoms with Crippen molar-refractivity contribution in [1.29, 1.82) is 0 Å². The number of rotatable bonds is 4. The van der Waals surface area contributed by atoms with Gasteiger partial charge in [-0.15, -0.1) is 0 Å². The Morgan fingerprint density at radius 3 is 2.50 bits per heavy atom. The second-order valence-electron chi connectivity index (χ2n) is 5.14. The van der Waals surface area contributed by atoms with Crippen LogP contribution in [-0.2, 0) is 6.18 Å². The van der Waals surface area contributed by atoms with Crippen molar-refractivity contribution in [1.82, 2.24) is 0 Å². The number of hydrogen-bond acceptors (Lipinski definition) is 2. The van der Waals surface area contributed by atoms with E-state index in [1.165, 1.54) is 0 Å². The molecule has 2 N–H and O–H groups in total. The Labute approximate surface area is 114 Å². The number of nitrogens with two attached hydrogens (primary N) is 1. The third kappa shape index (κ3) is 3.42. The molecule has 1 aromatic carbocycles. The van der Waals surface area contributed by atoms with Gasteiger partial charge in [0.15, 0.2) is 11.6 Å². The maximum absolute atomic E-state index is 13.6. The fourth-order valence-electron chi connectivity index (χ4n) is 2.63. The average molecular weight is 291 g/mol. The van der Waals surface area contributed by atoms with E-state index in [4.69, 9.17) is 10.5 Å². The van der Waals surface area contributed by atoms with Crippen LogP contribution in [0.1, 0.15) is 24.8 Å². The summed E-state index contributed by atoms with van der Waals surface area (Å²) >= 11 is 0. The van der Waals surface area contributed by atoms with Crippen molar-refractivity contribution in [3.8, 4) is 5.75 Å². The Morgan fingerprint density at radius 2 is 1.90 bits per heavy atom. The van der Waals surface area contributed by atoms with Gasteiger partial charge in [0, 0.05) is 0 Å². The van der Waals surface area contributed by atoms with Crippen molar-refractivity contribution in [2.45, 2.75) is 25.4 Å². The van der Waals surface area contributed by atoms with Crippen LogP contribution in [0.5, 0.6) is 5.75 Å². The standard InChI is InChI=1S/C14H17F4NO/c15-12-6-11(14(16,17)18)4-5-13(12)20-8-10-3-1-2-9(10)7-19/h4-6,9-10H,1-3,7-8,19H2. The molecule has 112 valence electrons. The van der Waals surface area contributed by atoms with E-state index in [1.54, 1.807) is 0 Å². The van der Waals surface area contributed by atoms with Crippen LogP contribution in [-0.4, -0.2) is 13.2 Å². The number of halogens is 4. The average Bonchev–Trinajstić information content (AvgIpc) is 2.83. The number of hydrogen-bond donors (Lipinski definition) is 1. The highest BCUT2D eigenvalue weighted by Crippen LogP contribution is 2.34. The van der Waals surface area contributed by atoms with Gasteiger partial charge >= 0.3 is 6.18 Å². The number of ether oxygens (including phenoxy) is 1. The van der Waals surface area contributed by atoms with Crippen LogP contribution in [0.25, 0.3) is 0 Å². The van der Waals surface area contributed by atoms with Crippen LogP contribution in [0.15, 0.2) is 18.2 Å². The summed E-state index contributed by atoms with van der Waals surface area (Å²) in [5.41, 5.74) is 4.63. The summed E-state index contributed by atoms with van der Waals surface area (Å²) in [4.78, 5) is 0. The SMILES string of the molecule is NCC1CCCC1COc1ccc(C(F)(F)F)cc1F. The third-order valence-electron chi connectivity index (χ3n) is 3.83. The predicted molar refractivity (Wildman–Crippen MR) is 66.8 cm³/mol. The summed E-state index contributed by atoms with van der Waals surface area (Å²) < 4.78 is 56.1. The molecule has 1 saturated carbocycles. The van der Waals surface area contributed by atoms with E-state index in [9.17, 15) is 17.6 Å². The molecular weight excluding hydrogens is 274 g/mol. The minimum atomic E-state index is -4.55. The lowest BCUT2D eigenvalue weighted by Crippen LogP contribution is -2.23. The molecule has 1 fully saturated rings. The molecule has 0 amide bonds. The predicted octanol–water partition coefficient (Wildman–Crippen LogP) is 3.60. The van der Waals surface area contributed by atoms with Crippen molar-refractivity contribution >= 4 is 0 Å². The van der Waals surface area contributed by atoms with Gasteiger partial charge in [0.25, 0.3) is 0 Å². The lowest BCUT2D eigenvalue weighted by atomic mass is 9.97. The first-order chi connectivity index (χ1) is 9.41. The van der Waals surface area contributed by atoms with Crippen molar-refractivity contribution in [3.05, 3.63) is 29.6 Å². The summed E-state index contributed by atoms with van der Waals surface area (Å²) in [5.74, 6) is -0.517. The Bertz CT molecular complexity index is 461. The van der Waals surface area contributed by atoms with Gasteiger partial charge in [-0.05, 0) is 49.4 Å². The molecule has 0 spiro atoms. The Morgan fingerprint density at radius 1 is 1.20 bits per heavy atom. The fourth-order valence-corrected chi connectivity index (χ4v) is 2.63. The second kappa shape index (κ2) is 5.99. The van der Waals surface area contributed by atoms with E-state index < -0.39 is 17.6 Å². The zero-order valence-corrected chi connectivity index (χ0v) is 10.9. The van der Waals surface area contributed by atoms with Gasteiger partial charge in [-0.1, -0.05) is 6.42 Å². The largest absolute Gasteiger partial charge is 0.490 e. The minimum absolute atomic E-state index is 0.138. The molecule has 1 aliphatic carbocycles. The summed E-state index contributed by atoms with van der Waals surface area (Å²) in [6.45, 7) is 0.855. The van der Waals surface area contributed by atoms with Gasteiger partial charge in [-0.25, -0.2) is 4.39 Å². The van der Waals surface area contributed by atoms with E-state index in [0.717, 1.165) is 31.4 Å². The van der Waals surface area contributed by atoms with Gasteiger partial charge in [0.05, 0.1) is 12.2 Å². The summed E-state index contributed by atoms with van der Waals surface area (Å²) in [7, 11) is 0. The number of benzene rings is 1. The molecule has 0 radical (unpaired) electrons. The quantitative estimate of drug-likeness (QED) is 0.860. The molecule has 0 saturated heterocycles. The minimum Gasteiger partial charge on any atom is -0.490 e. The van der Waals surface area contributed by atoms with E-state index >= 15 is 0 Å². The van der Waals surface area contributed by atoms with E-state index in [1.807, 2.05) is 0 Å². The first-order valence-corrected chi connectivity index (χ1v) is 6.61. The molecule has 0 heterocycles. The van der Waals surface area contributed by atoms with Gasteiger partial charge in [-0.3, -0.25) is 0 Å². The van der Waals surface area contributed by atoms with Crippen LogP contribution < -0.4 is 10.5 Å². The van der Waals surface area contributed by atoms with Gasteiger partial charge in [0.1, 0.15) is 0 Å². The monoisotopic (exact) mass is 291 g/mol. The van der Waals surface area contributed by atoms with E-state index in [2.05, 4.69) is 0 Å². The first kappa shape index (κ1) is 15.1. The molecule has 0 aromatic heterocycles. The molecular formula is C14H17F4NO. The molecule has 1 aromatic rings. The van der Waals surface area contributed by atoms with Crippen molar-refractivity contribution in [3.63, 3.8) is 0 Å². The van der Waals surface area contributed by atoms with Crippen molar-refractivity contribution in [2.24, 2.45) is 17.6 Å². The van der Waals surface area contributed by atoms with Crippen LogP contribution in [0.3, 0.4) is 0 Å². The topological polar surface area (TPSA) is 35.2 Å².